The van der Waals surface area contributed by atoms with Crippen molar-refractivity contribution in [2.45, 2.75) is 39.4 Å². The van der Waals surface area contributed by atoms with Crippen LogP contribution in [0.5, 0.6) is 0 Å². The zero-order valence-corrected chi connectivity index (χ0v) is 15.2. The molecule has 0 N–H and O–H groups in total. The summed E-state index contributed by atoms with van der Waals surface area (Å²) in [7, 11) is 0. The Bertz CT molecular complexity index is 862. The van der Waals surface area contributed by atoms with Gasteiger partial charge in [-0.05, 0) is 49.1 Å². The van der Waals surface area contributed by atoms with Crippen molar-refractivity contribution in [2.75, 3.05) is 6.54 Å². The van der Waals surface area contributed by atoms with Gasteiger partial charge in [-0.1, -0.05) is 54.1 Å². The van der Waals surface area contributed by atoms with Gasteiger partial charge in [0.25, 0.3) is 0 Å². The topological polar surface area (TPSA) is 8.17 Å². The maximum atomic E-state index is 2.65. The molecule has 25 heavy (non-hydrogen) atoms. The normalized spacial score (nSPS) is 17.9. The SMILES string of the molecule is Cc1cccc(CN2CCCn3cccc3[C@@H]2c2ccccc2C)c1. The number of rotatable bonds is 3. The van der Waals surface area contributed by atoms with Crippen LogP contribution in [-0.2, 0) is 13.1 Å². The van der Waals surface area contributed by atoms with Crippen molar-refractivity contribution in [1.29, 1.82) is 0 Å². The van der Waals surface area contributed by atoms with Gasteiger partial charge in [0.1, 0.15) is 0 Å². The first-order chi connectivity index (χ1) is 12.2. The van der Waals surface area contributed by atoms with Crippen LogP contribution in [0.3, 0.4) is 0 Å². The van der Waals surface area contributed by atoms with Gasteiger partial charge in [-0.25, -0.2) is 0 Å². The van der Waals surface area contributed by atoms with E-state index in [0.29, 0.717) is 6.04 Å². The van der Waals surface area contributed by atoms with Crippen LogP contribution in [0.4, 0.5) is 0 Å². The van der Waals surface area contributed by atoms with Crippen LogP contribution in [0.2, 0.25) is 0 Å². The predicted molar refractivity (Wildman–Crippen MR) is 104 cm³/mol. The van der Waals surface area contributed by atoms with E-state index in [-0.39, 0.29) is 0 Å². The number of nitrogens with zero attached hydrogens (tertiary/aromatic N) is 2. The number of benzene rings is 2. The van der Waals surface area contributed by atoms with Crippen LogP contribution in [0, 0.1) is 13.8 Å². The Hall–Kier alpha value is -2.32. The molecule has 2 heteroatoms. The average Bonchev–Trinajstić information content (AvgIpc) is 2.98. The third-order valence-electron chi connectivity index (χ3n) is 5.31. The first kappa shape index (κ1) is 16.2. The fraction of sp³-hybridized carbons (Fsp3) is 0.304. The number of hydrogen-bond acceptors (Lipinski definition) is 1. The Morgan fingerprint density at radius 3 is 2.64 bits per heavy atom. The minimum Gasteiger partial charge on any atom is -0.350 e. The minimum atomic E-state index is 0.319. The molecule has 1 aliphatic rings. The van der Waals surface area contributed by atoms with Crippen molar-refractivity contribution in [3.05, 3.63) is 94.8 Å². The molecular formula is C23H26N2. The summed E-state index contributed by atoms with van der Waals surface area (Å²) in [5.74, 6) is 0. The number of fused-ring (bicyclic) bond motifs is 1. The summed E-state index contributed by atoms with van der Waals surface area (Å²) in [6.45, 7) is 7.63. The van der Waals surface area contributed by atoms with E-state index in [9.17, 15) is 0 Å². The van der Waals surface area contributed by atoms with Crippen molar-refractivity contribution in [3.8, 4) is 0 Å². The molecular weight excluding hydrogens is 304 g/mol. The summed E-state index contributed by atoms with van der Waals surface area (Å²) in [5, 5.41) is 0. The predicted octanol–water partition coefficient (Wildman–Crippen LogP) is 5.10. The molecule has 128 valence electrons. The van der Waals surface area contributed by atoms with Gasteiger partial charge in [-0.15, -0.1) is 0 Å². The lowest BCUT2D eigenvalue weighted by molar-refractivity contribution is 0.220. The van der Waals surface area contributed by atoms with Crippen LogP contribution in [-0.4, -0.2) is 16.0 Å². The smallest absolute Gasteiger partial charge is 0.0761 e. The van der Waals surface area contributed by atoms with Crippen LogP contribution in [0.25, 0.3) is 0 Å². The molecule has 2 aromatic carbocycles. The summed E-state index contributed by atoms with van der Waals surface area (Å²) in [6.07, 6.45) is 3.42. The first-order valence-corrected chi connectivity index (χ1v) is 9.22. The zero-order chi connectivity index (χ0) is 17.2. The molecule has 2 heterocycles. The fourth-order valence-corrected chi connectivity index (χ4v) is 4.10. The molecule has 0 saturated heterocycles. The molecule has 0 amide bonds. The van der Waals surface area contributed by atoms with E-state index in [0.717, 1.165) is 19.6 Å². The standard InChI is InChI=1S/C23H26N2/c1-18-8-5-10-20(16-18)17-25-15-7-14-24-13-6-12-22(24)23(25)21-11-4-3-9-19(21)2/h3-6,8-13,16,23H,7,14-15,17H2,1-2H3/t23-/m0/s1. The first-order valence-electron chi connectivity index (χ1n) is 9.22. The summed E-state index contributed by atoms with van der Waals surface area (Å²) in [6, 6.07) is 22.6. The summed E-state index contributed by atoms with van der Waals surface area (Å²) in [4.78, 5) is 2.65. The van der Waals surface area contributed by atoms with E-state index < -0.39 is 0 Å². The fourth-order valence-electron chi connectivity index (χ4n) is 4.10. The molecule has 0 bridgehead atoms. The van der Waals surface area contributed by atoms with Gasteiger partial charge in [0.15, 0.2) is 0 Å². The highest BCUT2D eigenvalue weighted by molar-refractivity contribution is 5.36. The highest BCUT2D eigenvalue weighted by atomic mass is 15.2. The molecule has 0 spiro atoms. The molecule has 1 aliphatic heterocycles. The largest absolute Gasteiger partial charge is 0.350 e. The van der Waals surface area contributed by atoms with E-state index in [2.05, 4.69) is 90.2 Å². The molecule has 0 fully saturated rings. The Balaban J connectivity index is 1.77. The van der Waals surface area contributed by atoms with Gasteiger partial charge in [0.2, 0.25) is 0 Å². The second-order valence-electron chi connectivity index (χ2n) is 7.20. The zero-order valence-electron chi connectivity index (χ0n) is 15.2. The van der Waals surface area contributed by atoms with Crippen LogP contribution >= 0.6 is 0 Å². The van der Waals surface area contributed by atoms with Gasteiger partial charge in [0, 0.05) is 31.5 Å². The van der Waals surface area contributed by atoms with Crippen molar-refractivity contribution < 1.29 is 0 Å². The average molecular weight is 330 g/mol. The Labute approximate surface area is 150 Å². The molecule has 3 aromatic rings. The maximum absolute atomic E-state index is 2.65. The molecule has 0 unspecified atom stereocenters. The Morgan fingerprint density at radius 1 is 0.920 bits per heavy atom. The van der Waals surface area contributed by atoms with E-state index in [4.69, 9.17) is 0 Å². The molecule has 0 aliphatic carbocycles. The minimum absolute atomic E-state index is 0.319. The summed E-state index contributed by atoms with van der Waals surface area (Å²) < 4.78 is 2.44. The number of hydrogen-bond donors (Lipinski definition) is 0. The van der Waals surface area contributed by atoms with E-state index >= 15 is 0 Å². The second-order valence-corrected chi connectivity index (χ2v) is 7.20. The van der Waals surface area contributed by atoms with Crippen molar-refractivity contribution >= 4 is 0 Å². The molecule has 2 nitrogen and oxygen atoms in total. The third-order valence-corrected chi connectivity index (χ3v) is 5.31. The molecule has 1 atom stereocenters. The van der Waals surface area contributed by atoms with Crippen LogP contribution in [0.1, 0.15) is 40.4 Å². The quantitative estimate of drug-likeness (QED) is 0.648. The third kappa shape index (κ3) is 3.27. The molecule has 0 radical (unpaired) electrons. The van der Waals surface area contributed by atoms with E-state index in [1.165, 1.54) is 34.4 Å². The van der Waals surface area contributed by atoms with Crippen molar-refractivity contribution in [2.24, 2.45) is 0 Å². The maximum Gasteiger partial charge on any atom is 0.0761 e. The lowest BCUT2D eigenvalue weighted by atomic mass is 9.96. The van der Waals surface area contributed by atoms with Crippen molar-refractivity contribution in [1.82, 2.24) is 9.47 Å². The van der Waals surface area contributed by atoms with Crippen LogP contribution in [0.15, 0.2) is 66.9 Å². The van der Waals surface area contributed by atoms with Gasteiger partial charge in [-0.3, -0.25) is 4.90 Å². The summed E-state index contributed by atoms with van der Waals surface area (Å²) >= 11 is 0. The lowest BCUT2D eigenvalue weighted by Gasteiger charge is -2.31. The van der Waals surface area contributed by atoms with Crippen molar-refractivity contribution in [3.63, 3.8) is 0 Å². The second kappa shape index (κ2) is 6.89. The van der Waals surface area contributed by atoms with Gasteiger partial charge < -0.3 is 4.57 Å². The monoisotopic (exact) mass is 330 g/mol. The summed E-state index contributed by atoms with van der Waals surface area (Å²) in [5.41, 5.74) is 6.95. The molecule has 1 aromatic heterocycles. The van der Waals surface area contributed by atoms with Gasteiger partial charge in [0.05, 0.1) is 6.04 Å². The van der Waals surface area contributed by atoms with E-state index in [1.807, 2.05) is 0 Å². The van der Waals surface area contributed by atoms with Crippen LogP contribution < -0.4 is 0 Å². The Morgan fingerprint density at radius 2 is 1.80 bits per heavy atom. The van der Waals surface area contributed by atoms with E-state index in [1.54, 1.807) is 0 Å². The molecule has 4 rings (SSSR count). The number of aromatic nitrogens is 1. The lowest BCUT2D eigenvalue weighted by Crippen LogP contribution is -2.30. The Kier molecular flexibility index (Phi) is 4.46. The van der Waals surface area contributed by atoms with Gasteiger partial charge >= 0.3 is 0 Å². The number of aryl methyl sites for hydroxylation is 3. The molecule has 0 saturated carbocycles. The highest BCUT2D eigenvalue weighted by Crippen LogP contribution is 2.34. The highest BCUT2D eigenvalue weighted by Gasteiger charge is 2.28. The van der Waals surface area contributed by atoms with Gasteiger partial charge in [-0.2, -0.15) is 0 Å².